The van der Waals surface area contributed by atoms with Gasteiger partial charge in [0.2, 0.25) is 0 Å². The Kier molecular flexibility index (Phi) is 8.64. The Morgan fingerprint density at radius 3 is 2.00 bits per heavy atom. The summed E-state index contributed by atoms with van der Waals surface area (Å²) in [4.78, 5) is 20.8. The Morgan fingerprint density at radius 2 is 1.60 bits per heavy atom. The molecule has 0 N–H and O–H groups in total. The van der Waals surface area contributed by atoms with E-state index in [9.17, 15) is 19.8 Å². The first kappa shape index (κ1) is 17.5. The summed E-state index contributed by atoms with van der Waals surface area (Å²) in [6.07, 6.45) is 0. The summed E-state index contributed by atoms with van der Waals surface area (Å²) in [5.74, 6) is -2.86. The molecule has 0 bridgehead atoms. The molecule has 1 aromatic rings. The van der Waals surface area contributed by atoms with Crippen LogP contribution in [-0.4, -0.2) is 11.9 Å². The van der Waals surface area contributed by atoms with Crippen molar-refractivity contribution in [2.75, 3.05) is 0 Å². The van der Waals surface area contributed by atoms with E-state index in [0.29, 0.717) is 0 Å². The van der Waals surface area contributed by atoms with E-state index >= 15 is 0 Å². The van der Waals surface area contributed by atoms with E-state index in [1.165, 1.54) is 12.1 Å². The van der Waals surface area contributed by atoms with Gasteiger partial charge in [0.15, 0.2) is 0 Å². The van der Waals surface area contributed by atoms with Gasteiger partial charge in [-0.2, -0.15) is 0 Å². The molecule has 88 valence electrons. The van der Waals surface area contributed by atoms with Crippen molar-refractivity contribution in [2.45, 2.75) is 0 Å². The number of carbonyl (C=O) groups excluding carboxylic acids is 2. The molecule has 7 heteroatoms. The van der Waals surface area contributed by atoms with Gasteiger partial charge in [-0.3, -0.25) is 0 Å². The van der Waals surface area contributed by atoms with Crippen molar-refractivity contribution < 1.29 is 64.6 Å². The Labute approximate surface area is 125 Å². The normalized spacial score (nSPS) is 8.33. The number of hydrogen-bond acceptors (Lipinski definition) is 4. The van der Waals surface area contributed by atoms with Crippen molar-refractivity contribution in [3.8, 4) is 0 Å². The minimum Gasteiger partial charge on any atom is -0.545 e. The number of carbonyl (C=O) groups is 2. The summed E-state index contributed by atoms with van der Waals surface area (Å²) in [5, 5.41) is 20.8. The number of carboxylic acids is 2. The quantitative estimate of drug-likeness (QED) is 0.542. The van der Waals surface area contributed by atoms with Gasteiger partial charge in [-0.05, 0) is 17.7 Å². The summed E-state index contributed by atoms with van der Waals surface area (Å²) in [5.41, 5.74) is -0.399. The van der Waals surface area contributed by atoms with Crippen LogP contribution in [0, 0.1) is 0 Å². The molecule has 0 aliphatic carbocycles. The monoisotopic (exact) mass is 456 g/mol. The van der Waals surface area contributed by atoms with Crippen molar-refractivity contribution in [3.63, 3.8) is 0 Å². The molecular formula is C8H3Ag2BrO4. The van der Waals surface area contributed by atoms with E-state index in [1.807, 2.05) is 0 Å². The molecule has 0 aliphatic rings. The predicted molar refractivity (Wildman–Crippen MR) is 42.8 cm³/mol. The Balaban J connectivity index is 0. The first-order valence-corrected chi connectivity index (χ1v) is 4.04. The molecule has 0 radical (unpaired) electrons. The Morgan fingerprint density at radius 1 is 1.07 bits per heavy atom. The van der Waals surface area contributed by atoms with Crippen LogP contribution in [0.5, 0.6) is 0 Å². The van der Waals surface area contributed by atoms with Crippen molar-refractivity contribution in [1.82, 2.24) is 0 Å². The third-order valence-electron chi connectivity index (χ3n) is 1.42. The van der Waals surface area contributed by atoms with E-state index in [1.54, 1.807) is 0 Å². The summed E-state index contributed by atoms with van der Waals surface area (Å²) in [7, 11) is 0. The number of carboxylic acid groups (broad SMARTS) is 2. The van der Waals surface area contributed by atoms with E-state index < -0.39 is 11.9 Å². The predicted octanol–water partition coefficient (Wildman–Crippen LogP) is -0.829. The van der Waals surface area contributed by atoms with Gasteiger partial charge in [-0.25, -0.2) is 0 Å². The van der Waals surface area contributed by atoms with E-state index in [4.69, 9.17) is 0 Å². The second-order valence-electron chi connectivity index (χ2n) is 2.27. The Hall–Kier alpha value is 0.121. The molecule has 0 atom stereocenters. The van der Waals surface area contributed by atoms with Crippen LogP contribution < -0.4 is 10.2 Å². The zero-order valence-corrected chi connectivity index (χ0v) is 11.4. The van der Waals surface area contributed by atoms with Crippen molar-refractivity contribution in [3.05, 3.63) is 33.8 Å². The largest absolute Gasteiger partial charge is 1.00 e. The summed E-state index contributed by atoms with van der Waals surface area (Å²) < 4.78 is 0.275. The molecule has 0 saturated carbocycles. The number of rotatable bonds is 2. The fourth-order valence-electron chi connectivity index (χ4n) is 0.809. The van der Waals surface area contributed by atoms with Gasteiger partial charge in [0, 0.05) is 10.0 Å². The van der Waals surface area contributed by atoms with Crippen LogP contribution in [0.4, 0.5) is 0 Å². The van der Waals surface area contributed by atoms with Crippen LogP contribution in [-0.2, 0) is 44.8 Å². The molecule has 0 heterocycles. The average molecular weight is 459 g/mol. The van der Waals surface area contributed by atoms with Crippen LogP contribution in [0.15, 0.2) is 22.7 Å². The zero-order chi connectivity index (χ0) is 10.0. The molecule has 0 fully saturated rings. The molecule has 1 aromatic carbocycles. The fourth-order valence-corrected chi connectivity index (χ4v) is 1.22. The fraction of sp³-hybridized carbons (Fsp3) is 0. The van der Waals surface area contributed by atoms with Gasteiger partial charge in [0.1, 0.15) is 0 Å². The molecule has 0 unspecified atom stereocenters. The molecule has 0 aliphatic heterocycles. The van der Waals surface area contributed by atoms with Crippen molar-refractivity contribution in [2.24, 2.45) is 0 Å². The van der Waals surface area contributed by atoms with Gasteiger partial charge in [-0.15, -0.1) is 0 Å². The maximum absolute atomic E-state index is 10.4. The van der Waals surface area contributed by atoms with Crippen molar-refractivity contribution in [1.29, 1.82) is 0 Å². The minimum absolute atomic E-state index is 0. The molecule has 0 amide bonds. The topological polar surface area (TPSA) is 80.3 Å². The number of benzene rings is 1. The third kappa shape index (κ3) is 4.65. The van der Waals surface area contributed by atoms with Gasteiger partial charge < -0.3 is 19.8 Å². The molecule has 1 rings (SSSR count). The second-order valence-corrected chi connectivity index (χ2v) is 3.12. The van der Waals surface area contributed by atoms with Gasteiger partial charge in [0.25, 0.3) is 0 Å². The average Bonchev–Trinajstić information content (AvgIpc) is 2.04. The SMILES string of the molecule is O=C([O-])c1ccc(Br)c(C(=O)[O-])c1.[Ag+].[Ag+]. The first-order valence-electron chi connectivity index (χ1n) is 3.24. The molecule has 15 heavy (non-hydrogen) atoms. The zero-order valence-electron chi connectivity index (χ0n) is 6.85. The minimum atomic E-state index is -1.44. The molecular weight excluding hydrogens is 456 g/mol. The maximum atomic E-state index is 10.4. The van der Waals surface area contributed by atoms with Crippen LogP contribution in [0.2, 0.25) is 0 Å². The van der Waals surface area contributed by atoms with Crippen molar-refractivity contribution >= 4 is 27.9 Å². The second kappa shape index (κ2) is 7.40. The summed E-state index contributed by atoms with van der Waals surface area (Å²) in [6.45, 7) is 0. The standard InChI is InChI=1S/C8H5BrO4.2Ag/c9-6-2-1-4(7(10)11)3-5(6)8(12)13;;/h1-3H,(H,10,11)(H,12,13);;/q;2*+1/p-2. The Bertz CT molecular complexity index is 381. The molecule has 4 nitrogen and oxygen atoms in total. The summed E-state index contributed by atoms with van der Waals surface area (Å²) >= 11 is 2.95. The van der Waals surface area contributed by atoms with Gasteiger partial charge >= 0.3 is 44.8 Å². The van der Waals surface area contributed by atoms with E-state index in [-0.39, 0.29) is 60.4 Å². The first-order chi connectivity index (χ1) is 6.02. The van der Waals surface area contributed by atoms with Crippen LogP contribution in [0.3, 0.4) is 0 Å². The van der Waals surface area contributed by atoms with Crippen LogP contribution in [0.25, 0.3) is 0 Å². The third-order valence-corrected chi connectivity index (χ3v) is 2.11. The number of halogens is 1. The molecule has 0 aromatic heterocycles. The summed E-state index contributed by atoms with van der Waals surface area (Å²) in [6, 6.07) is 3.54. The molecule has 0 spiro atoms. The maximum Gasteiger partial charge on any atom is 1.00 e. The van der Waals surface area contributed by atoms with Crippen LogP contribution >= 0.6 is 15.9 Å². The molecule has 0 saturated heterocycles. The number of aromatic carboxylic acids is 2. The number of hydrogen-bond donors (Lipinski definition) is 0. The van der Waals surface area contributed by atoms with Gasteiger partial charge in [0.05, 0.1) is 11.9 Å². The van der Waals surface area contributed by atoms with Gasteiger partial charge in [-0.1, -0.05) is 22.0 Å². The van der Waals surface area contributed by atoms with Crippen LogP contribution in [0.1, 0.15) is 20.7 Å². The smallest absolute Gasteiger partial charge is 0.545 e. The van der Waals surface area contributed by atoms with E-state index in [2.05, 4.69) is 15.9 Å². The van der Waals surface area contributed by atoms with E-state index in [0.717, 1.165) is 6.07 Å².